The summed E-state index contributed by atoms with van der Waals surface area (Å²) in [6.07, 6.45) is 1.81. The second-order valence-electron chi connectivity index (χ2n) is 0.515. The van der Waals surface area contributed by atoms with Gasteiger partial charge in [0, 0.05) is 0 Å². The summed E-state index contributed by atoms with van der Waals surface area (Å²) in [5.41, 5.74) is 0. The van der Waals surface area contributed by atoms with E-state index in [0.29, 0.717) is 6.29 Å². The number of hydrogen-bond donors (Lipinski definition) is 0. The lowest BCUT2D eigenvalue weighted by atomic mass is 10.6. The van der Waals surface area contributed by atoms with E-state index in [1.807, 2.05) is 0 Å². The first kappa shape index (κ1) is 4.34. The van der Waals surface area contributed by atoms with E-state index in [1.54, 1.807) is 0 Å². The van der Waals surface area contributed by atoms with Gasteiger partial charge < -0.3 is 4.79 Å². The molecule has 0 amide bonds. The molecule has 0 spiro atoms. The minimum absolute atomic E-state index is 0.0972. The van der Waals surface area contributed by atoms with E-state index in [1.165, 1.54) is 6.29 Å². The van der Waals surface area contributed by atoms with E-state index in [9.17, 15) is 0 Å². The summed E-state index contributed by atoms with van der Waals surface area (Å²) in [5, 5.41) is 0. The SMILES string of the molecule is O=[C]CC=O. The molecular weight excluding hydrogens is 68.0 g/mol. The third kappa shape index (κ3) is 3.34. The molecule has 27 valence electrons. The Labute approximate surface area is 29.8 Å². The molecule has 0 unspecified atom stereocenters. The average Bonchev–Trinajstić information content (AvgIpc) is 1.41. The predicted octanol–water partition coefficient (Wildman–Crippen LogP) is -0.315. The van der Waals surface area contributed by atoms with Crippen molar-refractivity contribution in [2.24, 2.45) is 0 Å². The highest BCUT2D eigenvalue weighted by molar-refractivity contribution is 5.72. The number of carbonyl (C=O) groups is 1. The van der Waals surface area contributed by atoms with Gasteiger partial charge in [-0.3, -0.25) is 4.79 Å². The molecule has 2 heteroatoms. The molecule has 1 radical (unpaired) electrons. The first-order chi connectivity index (χ1) is 2.41. The van der Waals surface area contributed by atoms with Crippen molar-refractivity contribution in [1.29, 1.82) is 0 Å². The van der Waals surface area contributed by atoms with E-state index < -0.39 is 0 Å². The summed E-state index contributed by atoms with van der Waals surface area (Å²) < 4.78 is 0. The molecular formula is C3H3O2. The summed E-state index contributed by atoms with van der Waals surface area (Å²) >= 11 is 0. The molecule has 0 aromatic rings. The second-order valence-corrected chi connectivity index (χ2v) is 0.515. The maximum absolute atomic E-state index is 9.14. The van der Waals surface area contributed by atoms with E-state index in [-0.39, 0.29) is 6.42 Å². The zero-order valence-corrected chi connectivity index (χ0v) is 2.60. The van der Waals surface area contributed by atoms with Crippen LogP contribution in [0.15, 0.2) is 0 Å². The van der Waals surface area contributed by atoms with E-state index in [2.05, 4.69) is 0 Å². The van der Waals surface area contributed by atoms with E-state index in [4.69, 9.17) is 9.59 Å². The summed E-state index contributed by atoms with van der Waals surface area (Å²) in [5.74, 6) is 0. The first-order valence-electron chi connectivity index (χ1n) is 1.20. The van der Waals surface area contributed by atoms with Gasteiger partial charge in [-0.2, -0.15) is 0 Å². The van der Waals surface area contributed by atoms with Crippen molar-refractivity contribution in [2.75, 3.05) is 0 Å². The predicted molar refractivity (Wildman–Crippen MR) is 16.4 cm³/mol. The highest BCUT2D eigenvalue weighted by Crippen LogP contribution is 1.50. The molecule has 0 aliphatic carbocycles. The Bertz CT molecular complexity index is 34.2. The van der Waals surface area contributed by atoms with Crippen molar-refractivity contribution < 1.29 is 9.59 Å². The van der Waals surface area contributed by atoms with Gasteiger partial charge in [0.05, 0.1) is 6.42 Å². The van der Waals surface area contributed by atoms with Crippen LogP contribution in [-0.4, -0.2) is 12.6 Å². The van der Waals surface area contributed by atoms with Crippen molar-refractivity contribution in [3.63, 3.8) is 0 Å². The Morgan fingerprint density at radius 1 is 1.80 bits per heavy atom. The van der Waals surface area contributed by atoms with Gasteiger partial charge in [0.15, 0.2) is 0 Å². The molecule has 0 N–H and O–H groups in total. The molecule has 0 aromatic carbocycles. The Hall–Kier alpha value is -0.660. The lowest BCUT2D eigenvalue weighted by Gasteiger charge is -1.51. The summed E-state index contributed by atoms with van der Waals surface area (Å²) in [6.45, 7) is 0. The van der Waals surface area contributed by atoms with Crippen molar-refractivity contribution >= 4 is 12.6 Å². The highest BCUT2D eigenvalue weighted by atomic mass is 16.1. The van der Waals surface area contributed by atoms with Crippen LogP contribution in [0.4, 0.5) is 0 Å². The highest BCUT2D eigenvalue weighted by Gasteiger charge is 1.67. The van der Waals surface area contributed by atoms with E-state index in [0.717, 1.165) is 0 Å². The van der Waals surface area contributed by atoms with Crippen molar-refractivity contribution in [2.45, 2.75) is 6.42 Å². The largest absolute Gasteiger partial charge is 0.303 e. The molecule has 0 saturated carbocycles. The van der Waals surface area contributed by atoms with Gasteiger partial charge >= 0.3 is 0 Å². The normalized spacial score (nSPS) is 6.40. The number of aldehydes is 1. The molecule has 0 fully saturated rings. The van der Waals surface area contributed by atoms with Gasteiger partial charge in [0.1, 0.15) is 6.29 Å². The van der Waals surface area contributed by atoms with Gasteiger partial charge in [0.2, 0.25) is 6.29 Å². The molecule has 0 aliphatic heterocycles. The zero-order chi connectivity index (χ0) is 4.12. The molecule has 0 rings (SSSR count). The molecule has 0 aromatic heterocycles. The Morgan fingerprint density at radius 2 is 2.40 bits per heavy atom. The van der Waals surface area contributed by atoms with Gasteiger partial charge in [-0.1, -0.05) is 0 Å². The lowest BCUT2D eigenvalue weighted by molar-refractivity contribution is -0.106. The van der Waals surface area contributed by atoms with Gasteiger partial charge in [0.25, 0.3) is 0 Å². The van der Waals surface area contributed by atoms with Crippen LogP contribution in [0.3, 0.4) is 0 Å². The Kier molecular flexibility index (Phi) is 2.90. The standard InChI is InChI=1S/C3H3O2/c4-2-1-3-5/h2H,1H2. The fraction of sp³-hybridized carbons (Fsp3) is 0.333. The molecule has 0 saturated heterocycles. The minimum atomic E-state index is -0.0972. The Morgan fingerprint density at radius 3 is 2.40 bits per heavy atom. The average molecular weight is 71.1 g/mol. The van der Waals surface area contributed by atoms with Gasteiger partial charge in [-0.15, -0.1) is 0 Å². The van der Waals surface area contributed by atoms with Crippen molar-refractivity contribution in [3.8, 4) is 0 Å². The van der Waals surface area contributed by atoms with Crippen LogP contribution in [0.2, 0.25) is 0 Å². The van der Waals surface area contributed by atoms with Crippen LogP contribution in [0.25, 0.3) is 0 Å². The van der Waals surface area contributed by atoms with E-state index >= 15 is 0 Å². The van der Waals surface area contributed by atoms with Crippen LogP contribution in [0.5, 0.6) is 0 Å². The van der Waals surface area contributed by atoms with Crippen LogP contribution >= 0.6 is 0 Å². The molecule has 5 heavy (non-hydrogen) atoms. The molecule has 0 atom stereocenters. The van der Waals surface area contributed by atoms with Crippen LogP contribution in [0, 0.1) is 0 Å². The second kappa shape index (κ2) is 3.34. The van der Waals surface area contributed by atoms with Crippen molar-refractivity contribution in [1.82, 2.24) is 0 Å². The topological polar surface area (TPSA) is 34.1 Å². The fourth-order valence-electron chi connectivity index (χ4n) is 0.0340. The van der Waals surface area contributed by atoms with Gasteiger partial charge in [-0.25, -0.2) is 0 Å². The number of hydrogen-bond acceptors (Lipinski definition) is 2. The Balaban J connectivity index is 2.65. The van der Waals surface area contributed by atoms with Crippen LogP contribution < -0.4 is 0 Å². The van der Waals surface area contributed by atoms with Gasteiger partial charge in [-0.05, 0) is 0 Å². The van der Waals surface area contributed by atoms with Crippen LogP contribution in [-0.2, 0) is 9.59 Å². The fourth-order valence-corrected chi connectivity index (χ4v) is 0.0340. The first-order valence-corrected chi connectivity index (χ1v) is 1.20. The number of carbonyl (C=O) groups excluding carboxylic acids is 2. The molecule has 0 bridgehead atoms. The van der Waals surface area contributed by atoms with Crippen LogP contribution in [0.1, 0.15) is 6.42 Å². The quantitative estimate of drug-likeness (QED) is 0.330. The molecule has 2 nitrogen and oxygen atoms in total. The maximum atomic E-state index is 9.14. The summed E-state index contributed by atoms with van der Waals surface area (Å²) in [6, 6.07) is 0. The smallest absolute Gasteiger partial charge is 0.205 e. The minimum Gasteiger partial charge on any atom is -0.303 e. The zero-order valence-electron chi connectivity index (χ0n) is 2.60. The maximum Gasteiger partial charge on any atom is 0.205 e. The third-order valence-electron chi connectivity index (χ3n) is 0.167. The summed E-state index contributed by atoms with van der Waals surface area (Å²) in [7, 11) is 0. The monoisotopic (exact) mass is 71.0 g/mol. The number of rotatable bonds is 2. The van der Waals surface area contributed by atoms with Crippen molar-refractivity contribution in [3.05, 3.63) is 0 Å². The molecule has 0 aliphatic rings. The lowest BCUT2D eigenvalue weighted by Crippen LogP contribution is -1.69. The molecule has 0 heterocycles. The summed E-state index contributed by atoms with van der Waals surface area (Å²) in [4.78, 5) is 18.2. The third-order valence-corrected chi connectivity index (χ3v) is 0.167.